The Kier molecular flexibility index (Phi) is 5.58. The zero-order chi connectivity index (χ0) is 15.4. The monoisotopic (exact) mass is 363 g/mol. The highest BCUT2D eigenvalue weighted by Crippen LogP contribution is 2.35. The van der Waals surface area contributed by atoms with Crippen LogP contribution in [0.5, 0.6) is 0 Å². The standard InChI is InChI=1S/C13H9Cl3FN3S/c14-8-3-4-9(11(16)10(8)15)20-13(21)19-6-7-2-1-5-18-12(7)17/h1-5H,6H2,(H2,19,20,21). The normalized spacial score (nSPS) is 10.3. The molecule has 8 heteroatoms. The van der Waals surface area contributed by atoms with Crippen molar-refractivity contribution >= 4 is 57.8 Å². The molecule has 0 aliphatic rings. The number of benzene rings is 1. The molecule has 0 aliphatic heterocycles. The third-order valence-electron chi connectivity index (χ3n) is 2.56. The van der Waals surface area contributed by atoms with Crippen molar-refractivity contribution in [3.05, 3.63) is 57.0 Å². The molecule has 2 rings (SSSR count). The van der Waals surface area contributed by atoms with Gasteiger partial charge in [0.2, 0.25) is 5.95 Å². The van der Waals surface area contributed by atoms with Crippen molar-refractivity contribution in [3.63, 3.8) is 0 Å². The molecule has 2 N–H and O–H groups in total. The molecule has 0 amide bonds. The van der Waals surface area contributed by atoms with E-state index in [1.165, 1.54) is 6.20 Å². The molecule has 0 atom stereocenters. The van der Waals surface area contributed by atoms with E-state index in [9.17, 15) is 4.39 Å². The first-order valence-corrected chi connectivity index (χ1v) is 7.31. The van der Waals surface area contributed by atoms with E-state index in [1.807, 2.05) is 0 Å². The van der Waals surface area contributed by atoms with Gasteiger partial charge in [0.25, 0.3) is 0 Å². The van der Waals surface area contributed by atoms with E-state index >= 15 is 0 Å². The maximum atomic E-state index is 13.4. The molecule has 0 bridgehead atoms. The van der Waals surface area contributed by atoms with Gasteiger partial charge in [-0.1, -0.05) is 40.9 Å². The maximum Gasteiger partial charge on any atom is 0.217 e. The summed E-state index contributed by atoms with van der Waals surface area (Å²) in [5.74, 6) is -0.541. The van der Waals surface area contributed by atoms with Gasteiger partial charge < -0.3 is 10.6 Å². The number of aromatic nitrogens is 1. The van der Waals surface area contributed by atoms with Crippen LogP contribution >= 0.6 is 47.0 Å². The van der Waals surface area contributed by atoms with Crippen molar-refractivity contribution in [1.29, 1.82) is 0 Å². The van der Waals surface area contributed by atoms with Crippen LogP contribution in [0.3, 0.4) is 0 Å². The van der Waals surface area contributed by atoms with Crippen molar-refractivity contribution in [3.8, 4) is 0 Å². The van der Waals surface area contributed by atoms with Gasteiger partial charge in [0, 0.05) is 18.3 Å². The molecule has 0 saturated carbocycles. The molecule has 0 spiro atoms. The maximum absolute atomic E-state index is 13.4. The molecular formula is C13H9Cl3FN3S. The Morgan fingerprint density at radius 1 is 1.19 bits per heavy atom. The fourth-order valence-electron chi connectivity index (χ4n) is 1.52. The summed E-state index contributed by atoms with van der Waals surface area (Å²) in [6.07, 6.45) is 1.38. The molecule has 0 saturated heterocycles. The Bertz CT molecular complexity index is 682. The third-order valence-corrected chi connectivity index (χ3v) is 4.10. The van der Waals surface area contributed by atoms with Gasteiger partial charge in [0.1, 0.15) is 0 Å². The van der Waals surface area contributed by atoms with Crippen LogP contribution in [0.2, 0.25) is 15.1 Å². The molecule has 0 radical (unpaired) electrons. The fraction of sp³-hybridized carbons (Fsp3) is 0.0769. The van der Waals surface area contributed by atoms with Gasteiger partial charge in [0.15, 0.2) is 5.11 Å². The zero-order valence-electron chi connectivity index (χ0n) is 10.5. The number of rotatable bonds is 3. The van der Waals surface area contributed by atoms with E-state index in [0.29, 0.717) is 16.3 Å². The second-order valence-corrected chi connectivity index (χ2v) is 5.56. The van der Waals surface area contributed by atoms with E-state index in [2.05, 4.69) is 15.6 Å². The summed E-state index contributed by atoms with van der Waals surface area (Å²) in [5.41, 5.74) is 0.914. The number of thiocarbonyl (C=S) groups is 1. The summed E-state index contributed by atoms with van der Waals surface area (Å²) >= 11 is 22.9. The van der Waals surface area contributed by atoms with Crippen molar-refractivity contribution in [1.82, 2.24) is 10.3 Å². The number of hydrogen-bond acceptors (Lipinski definition) is 2. The van der Waals surface area contributed by atoms with E-state index < -0.39 is 5.95 Å². The first-order chi connectivity index (χ1) is 9.99. The predicted octanol–water partition coefficient (Wildman–Crippen LogP) is 4.67. The predicted molar refractivity (Wildman–Crippen MR) is 88.7 cm³/mol. The van der Waals surface area contributed by atoms with Gasteiger partial charge in [-0.25, -0.2) is 4.98 Å². The highest BCUT2D eigenvalue weighted by molar-refractivity contribution is 7.80. The lowest BCUT2D eigenvalue weighted by molar-refractivity contribution is 0.563. The van der Waals surface area contributed by atoms with Crippen LogP contribution in [0.4, 0.5) is 10.1 Å². The molecule has 0 fully saturated rings. The molecule has 110 valence electrons. The summed E-state index contributed by atoms with van der Waals surface area (Å²) in [7, 11) is 0. The second kappa shape index (κ2) is 7.22. The Morgan fingerprint density at radius 3 is 2.67 bits per heavy atom. The number of nitrogens with one attached hydrogen (secondary N) is 2. The average Bonchev–Trinajstić information content (AvgIpc) is 2.47. The van der Waals surface area contributed by atoms with Gasteiger partial charge in [-0.3, -0.25) is 0 Å². The minimum absolute atomic E-state index is 0.199. The van der Waals surface area contributed by atoms with Crippen LogP contribution < -0.4 is 10.6 Å². The minimum atomic E-state index is -0.541. The average molecular weight is 365 g/mol. The third kappa shape index (κ3) is 4.17. The highest BCUT2D eigenvalue weighted by Gasteiger charge is 2.10. The molecule has 1 heterocycles. The lowest BCUT2D eigenvalue weighted by Gasteiger charge is -2.13. The molecule has 3 nitrogen and oxygen atoms in total. The Morgan fingerprint density at radius 2 is 1.95 bits per heavy atom. The summed E-state index contributed by atoms with van der Waals surface area (Å²) < 4.78 is 13.4. The fourth-order valence-corrected chi connectivity index (χ4v) is 2.28. The van der Waals surface area contributed by atoms with Gasteiger partial charge in [-0.15, -0.1) is 0 Å². The molecule has 1 aromatic carbocycles. The number of pyridine rings is 1. The minimum Gasteiger partial charge on any atom is -0.358 e. The molecule has 0 aliphatic carbocycles. The van der Waals surface area contributed by atoms with Crippen LogP contribution in [-0.2, 0) is 6.54 Å². The quantitative estimate of drug-likeness (QED) is 0.471. The van der Waals surface area contributed by atoms with E-state index in [-0.39, 0.29) is 21.7 Å². The van der Waals surface area contributed by atoms with Gasteiger partial charge in [-0.2, -0.15) is 4.39 Å². The lowest BCUT2D eigenvalue weighted by Crippen LogP contribution is -2.28. The van der Waals surface area contributed by atoms with Crippen LogP contribution in [0, 0.1) is 5.95 Å². The van der Waals surface area contributed by atoms with E-state index in [4.69, 9.17) is 47.0 Å². The van der Waals surface area contributed by atoms with Crippen LogP contribution in [0.25, 0.3) is 0 Å². The summed E-state index contributed by atoms with van der Waals surface area (Å²) in [6.45, 7) is 0.199. The summed E-state index contributed by atoms with van der Waals surface area (Å²) in [6, 6.07) is 6.51. The SMILES string of the molecule is Fc1ncccc1CNC(=S)Nc1ccc(Cl)c(Cl)c1Cl. The summed E-state index contributed by atoms with van der Waals surface area (Å²) in [5, 5.41) is 6.86. The number of nitrogens with zero attached hydrogens (tertiary/aromatic N) is 1. The first kappa shape index (κ1) is 16.2. The number of hydrogen-bond donors (Lipinski definition) is 2. The zero-order valence-corrected chi connectivity index (χ0v) is 13.5. The Hall–Kier alpha value is -1.14. The molecule has 1 aromatic heterocycles. The summed E-state index contributed by atoms with van der Waals surface area (Å²) in [4.78, 5) is 3.55. The van der Waals surface area contributed by atoms with Gasteiger partial charge in [0.05, 0.1) is 20.8 Å². The second-order valence-electron chi connectivity index (χ2n) is 3.98. The smallest absolute Gasteiger partial charge is 0.217 e. The van der Waals surface area contributed by atoms with Crippen molar-refractivity contribution in [2.24, 2.45) is 0 Å². The van der Waals surface area contributed by atoms with Gasteiger partial charge in [-0.05, 0) is 30.4 Å². The number of halogens is 4. The van der Waals surface area contributed by atoms with Crippen LogP contribution in [0.1, 0.15) is 5.56 Å². The Balaban J connectivity index is 2.00. The topological polar surface area (TPSA) is 37.0 Å². The van der Waals surface area contributed by atoms with Crippen molar-refractivity contribution in [2.75, 3.05) is 5.32 Å². The lowest BCUT2D eigenvalue weighted by atomic mass is 10.3. The van der Waals surface area contributed by atoms with Crippen LogP contribution in [-0.4, -0.2) is 10.1 Å². The Labute approximate surface area is 141 Å². The van der Waals surface area contributed by atoms with Gasteiger partial charge >= 0.3 is 0 Å². The molecule has 21 heavy (non-hydrogen) atoms. The molecule has 0 unspecified atom stereocenters. The van der Waals surface area contributed by atoms with E-state index in [1.54, 1.807) is 24.3 Å². The van der Waals surface area contributed by atoms with Crippen LogP contribution in [0.15, 0.2) is 30.5 Å². The van der Waals surface area contributed by atoms with Crippen molar-refractivity contribution < 1.29 is 4.39 Å². The van der Waals surface area contributed by atoms with E-state index in [0.717, 1.165) is 0 Å². The first-order valence-electron chi connectivity index (χ1n) is 5.76. The number of anilines is 1. The molecular weight excluding hydrogens is 356 g/mol. The van der Waals surface area contributed by atoms with Crippen molar-refractivity contribution in [2.45, 2.75) is 6.54 Å². The largest absolute Gasteiger partial charge is 0.358 e. The molecule has 2 aromatic rings. The highest BCUT2D eigenvalue weighted by atomic mass is 35.5.